The fourth-order valence-corrected chi connectivity index (χ4v) is 13.8. The quantitative estimate of drug-likeness (QED) is 0.0195. The number of nitrogens with zero attached hydrogens (tertiary/aromatic N) is 1. The van der Waals surface area contributed by atoms with Crippen LogP contribution in [-0.2, 0) is 33.3 Å². The van der Waals surface area contributed by atoms with Gasteiger partial charge in [0.1, 0.15) is 13.2 Å². The molecular weight excluding hydrogens is 1260 g/mol. The molecule has 0 rings (SSSR count). The van der Waals surface area contributed by atoms with E-state index >= 15 is 0 Å². The number of carboxylic acid groups (broad SMARTS) is 1. The topological polar surface area (TPSA) is 111 Å². The van der Waals surface area contributed by atoms with E-state index in [9.17, 15) is 19.5 Å². The van der Waals surface area contributed by atoms with Crippen LogP contribution in [0.5, 0.6) is 0 Å². The molecule has 9 heteroatoms. The van der Waals surface area contributed by atoms with Crippen LogP contribution in [0.2, 0.25) is 0 Å². The van der Waals surface area contributed by atoms with Gasteiger partial charge in [-0.25, -0.2) is 0 Å². The molecule has 0 amide bonds. The van der Waals surface area contributed by atoms with Crippen molar-refractivity contribution in [3.8, 4) is 0 Å². The molecule has 0 spiro atoms. The molecule has 0 aliphatic rings. The van der Waals surface area contributed by atoms with E-state index in [-0.39, 0.29) is 32.2 Å². The Kier molecular flexibility index (Phi) is 81.2. The number of hydrogen-bond donors (Lipinski definition) is 0. The molecular formula is C93H173NO8. The highest BCUT2D eigenvalue weighted by molar-refractivity contribution is 5.70. The van der Waals surface area contributed by atoms with E-state index in [1.54, 1.807) is 0 Å². The third-order valence-corrected chi connectivity index (χ3v) is 20.5. The molecule has 9 nitrogen and oxygen atoms in total. The van der Waals surface area contributed by atoms with Gasteiger partial charge in [0, 0.05) is 12.8 Å². The second-order valence-corrected chi connectivity index (χ2v) is 31.9. The first-order chi connectivity index (χ1) is 50.1. The SMILES string of the molecule is CC/C=C\C/C=C\C/C=C\C/C=C\C/C=C\CCCCCCCCCCCCCCCCCCCCCCCCCCCC(=O)OC(COC(=O)CCCCCCCCCCCCCCCCCCCCCCCCCCCCCCCCCCCCCC)COC(OCC[N+](C)(C)C)C(=O)[O-]. The first-order valence-electron chi connectivity index (χ1n) is 44.9. The van der Waals surface area contributed by atoms with E-state index in [0.717, 1.165) is 70.6 Å². The third kappa shape index (κ3) is 84.3. The van der Waals surface area contributed by atoms with Gasteiger partial charge in [-0.15, -0.1) is 0 Å². The highest BCUT2D eigenvalue weighted by Gasteiger charge is 2.22. The Morgan fingerprint density at radius 2 is 0.559 bits per heavy atom. The summed E-state index contributed by atoms with van der Waals surface area (Å²) < 4.78 is 22.9. The number of allylic oxidation sites excluding steroid dienone is 10. The molecule has 0 bridgehead atoms. The molecule has 2 unspecified atom stereocenters. The van der Waals surface area contributed by atoms with E-state index < -0.39 is 24.3 Å². The number of likely N-dealkylation sites (N-methyl/N-ethyl adjacent to an activating group) is 1. The molecule has 0 N–H and O–H groups in total. The molecule has 102 heavy (non-hydrogen) atoms. The number of rotatable bonds is 85. The lowest BCUT2D eigenvalue weighted by atomic mass is 10.0. The standard InChI is InChI=1S/C93H173NO8/c1-6-8-10-12-14-16-18-20-22-24-26-28-30-32-34-36-38-40-42-44-45-46-47-48-50-52-54-56-58-60-62-64-66-68-70-72-74-76-78-80-82-84-91(96)102-89(88-101-93(92(97)98)99-86-85-94(3,4)5)87-100-90(95)83-81-79-77-75-73-71-69-67-65-63-61-59-57-55-53-51-49-43-41-39-37-35-33-31-29-27-25-23-21-19-17-15-13-11-9-7-2/h8,10,14,16,20,22,26,28,32,34,89,93H,6-7,9,11-13,15,17-19,21,23-25,27,29-31,33,35-88H2,1-5H3/b10-8-,16-14-,22-20-,28-26-,34-32-. The minimum absolute atomic E-state index is 0.151. The average molecular weight is 1430 g/mol. The summed E-state index contributed by atoms with van der Waals surface area (Å²) in [6.45, 7) is 4.72. The fraction of sp³-hybridized carbons (Fsp3) is 0.860. The van der Waals surface area contributed by atoms with Gasteiger partial charge in [-0.1, -0.05) is 447 Å². The monoisotopic (exact) mass is 1430 g/mol. The highest BCUT2D eigenvalue weighted by atomic mass is 16.7. The van der Waals surface area contributed by atoms with Gasteiger partial charge in [-0.2, -0.15) is 0 Å². The molecule has 0 aliphatic heterocycles. The van der Waals surface area contributed by atoms with Crippen molar-refractivity contribution in [2.24, 2.45) is 0 Å². The summed E-state index contributed by atoms with van der Waals surface area (Å²) in [5.74, 6) is -2.24. The van der Waals surface area contributed by atoms with Gasteiger partial charge in [0.15, 0.2) is 12.4 Å². The predicted octanol–water partition coefficient (Wildman–Crippen LogP) is 28.0. The summed E-state index contributed by atoms with van der Waals surface area (Å²) in [4.78, 5) is 37.7. The lowest BCUT2D eigenvalue weighted by Crippen LogP contribution is -2.44. The number of ether oxygens (including phenoxy) is 4. The summed E-state index contributed by atoms with van der Waals surface area (Å²) in [6, 6.07) is 0. The fourth-order valence-electron chi connectivity index (χ4n) is 13.8. The van der Waals surface area contributed by atoms with E-state index in [4.69, 9.17) is 18.9 Å². The number of hydrogen-bond acceptors (Lipinski definition) is 8. The summed E-state index contributed by atoms with van der Waals surface area (Å²) in [6.07, 6.45) is 110. The zero-order valence-corrected chi connectivity index (χ0v) is 68.8. The smallest absolute Gasteiger partial charge is 0.306 e. The van der Waals surface area contributed by atoms with Gasteiger partial charge in [0.2, 0.25) is 0 Å². The molecule has 0 aromatic carbocycles. The number of unbranched alkanes of at least 4 members (excludes halogenated alkanes) is 60. The Balaban J connectivity index is 3.89. The molecule has 0 aromatic heterocycles. The first-order valence-corrected chi connectivity index (χ1v) is 44.9. The van der Waals surface area contributed by atoms with Gasteiger partial charge >= 0.3 is 11.9 Å². The molecule has 0 heterocycles. The van der Waals surface area contributed by atoms with Crippen molar-refractivity contribution in [2.75, 3.05) is 47.5 Å². The molecule has 2 atom stereocenters. The zero-order chi connectivity index (χ0) is 73.9. The van der Waals surface area contributed by atoms with Gasteiger partial charge in [-0.05, 0) is 57.8 Å². The van der Waals surface area contributed by atoms with Gasteiger partial charge in [0.25, 0.3) is 0 Å². The summed E-state index contributed by atoms with van der Waals surface area (Å²) >= 11 is 0. The van der Waals surface area contributed by atoms with Crippen LogP contribution in [0.3, 0.4) is 0 Å². The van der Waals surface area contributed by atoms with Crippen LogP contribution in [0.1, 0.15) is 457 Å². The number of esters is 2. The number of carbonyl (C=O) groups is 3. The summed E-state index contributed by atoms with van der Waals surface area (Å²) in [7, 11) is 5.96. The van der Waals surface area contributed by atoms with Crippen LogP contribution in [-0.4, -0.2) is 82.3 Å². The Labute approximate surface area is 635 Å². The summed E-state index contributed by atoms with van der Waals surface area (Å²) in [5.41, 5.74) is 0. The van der Waals surface area contributed by atoms with Crippen molar-refractivity contribution >= 4 is 17.9 Å². The largest absolute Gasteiger partial charge is 0.545 e. The van der Waals surface area contributed by atoms with Crippen LogP contribution in [0.4, 0.5) is 0 Å². The number of carboxylic acids is 1. The van der Waals surface area contributed by atoms with E-state index in [0.29, 0.717) is 17.4 Å². The van der Waals surface area contributed by atoms with E-state index in [1.165, 1.54) is 360 Å². The van der Waals surface area contributed by atoms with Gasteiger partial charge in [-0.3, -0.25) is 9.59 Å². The van der Waals surface area contributed by atoms with Crippen LogP contribution in [0.25, 0.3) is 0 Å². The van der Waals surface area contributed by atoms with Crippen molar-refractivity contribution in [3.63, 3.8) is 0 Å². The minimum Gasteiger partial charge on any atom is -0.545 e. The number of carbonyl (C=O) groups excluding carboxylic acids is 3. The van der Waals surface area contributed by atoms with Crippen LogP contribution in [0, 0.1) is 0 Å². The molecule has 0 saturated heterocycles. The average Bonchev–Trinajstić information content (AvgIpc) is 0.999. The van der Waals surface area contributed by atoms with Crippen LogP contribution < -0.4 is 5.11 Å². The Morgan fingerprint density at radius 1 is 0.304 bits per heavy atom. The lowest BCUT2D eigenvalue weighted by molar-refractivity contribution is -0.870. The van der Waals surface area contributed by atoms with Crippen LogP contribution in [0.15, 0.2) is 60.8 Å². The Hall–Kier alpha value is -3.01. The summed E-state index contributed by atoms with van der Waals surface area (Å²) in [5, 5.41) is 11.9. The van der Waals surface area contributed by atoms with Gasteiger partial charge < -0.3 is 33.3 Å². The number of aliphatic carboxylic acids is 1. The maximum Gasteiger partial charge on any atom is 0.306 e. The van der Waals surface area contributed by atoms with Crippen molar-refractivity contribution in [1.29, 1.82) is 0 Å². The molecule has 598 valence electrons. The first kappa shape index (κ1) is 99.0. The van der Waals surface area contributed by atoms with Crippen molar-refractivity contribution < 1.29 is 42.9 Å². The van der Waals surface area contributed by atoms with Crippen LogP contribution >= 0.6 is 0 Å². The molecule has 0 radical (unpaired) electrons. The second-order valence-electron chi connectivity index (χ2n) is 31.9. The van der Waals surface area contributed by atoms with Crippen molar-refractivity contribution in [2.45, 2.75) is 469 Å². The minimum atomic E-state index is -1.62. The van der Waals surface area contributed by atoms with Gasteiger partial charge in [0.05, 0.1) is 40.3 Å². The molecule has 0 fully saturated rings. The maximum atomic E-state index is 13.0. The maximum absolute atomic E-state index is 13.0. The van der Waals surface area contributed by atoms with Crippen molar-refractivity contribution in [1.82, 2.24) is 0 Å². The van der Waals surface area contributed by atoms with E-state index in [2.05, 4.69) is 74.6 Å². The van der Waals surface area contributed by atoms with E-state index in [1.807, 2.05) is 21.1 Å². The number of quaternary nitrogens is 1. The molecule has 0 aromatic rings. The molecule has 0 saturated carbocycles. The lowest BCUT2D eigenvalue weighted by Gasteiger charge is -2.26. The van der Waals surface area contributed by atoms with Crippen molar-refractivity contribution in [3.05, 3.63) is 60.8 Å². The third-order valence-electron chi connectivity index (χ3n) is 20.5. The molecule has 0 aliphatic carbocycles. The highest BCUT2D eigenvalue weighted by Crippen LogP contribution is 2.21. The Morgan fingerprint density at radius 3 is 0.833 bits per heavy atom. The zero-order valence-electron chi connectivity index (χ0n) is 68.8. The second kappa shape index (κ2) is 83.6. The normalized spacial score (nSPS) is 12.8. The Bertz CT molecular complexity index is 1870. The predicted molar refractivity (Wildman–Crippen MR) is 440 cm³/mol.